The second kappa shape index (κ2) is 8.25. The maximum atomic E-state index is 12.0. The Hall–Kier alpha value is -1.62. The zero-order valence-electron chi connectivity index (χ0n) is 18.7. The lowest BCUT2D eigenvalue weighted by Gasteiger charge is -2.44. The van der Waals surface area contributed by atoms with Crippen LogP contribution in [0.25, 0.3) is 0 Å². The molecule has 0 unspecified atom stereocenters. The van der Waals surface area contributed by atoms with Gasteiger partial charge in [0.1, 0.15) is 17.8 Å². The first-order valence-electron chi connectivity index (χ1n) is 10.9. The SMILES string of the molecule is C=C1C[C@H]2O[C@H]([C@H]3[C@@H]2C(C)=CC[C@@H]3C(C)C)[C@](C)(OC(C)=O)CC[C@@H]1OC(C)=O. The van der Waals surface area contributed by atoms with E-state index in [0.717, 1.165) is 12.0 Å². The molecule has 0 amide bonds. The molecule has 0 N–H and O–H groups in total. The number of hydrogen-bond donors (Lipinski definition) is 0. The van der Waals surface area contributed by atoms with Gasteiger partial charge in [0.2, 0.25) is 0 Å². The zero-order chi connectivity index (χ0) is 21.5. The van der Waals surface area contributed by atoms with E-state index in [9.17, 15) is 9.59 Å². The second-order valence-electron chi connectivity index (χ2n) is 9.70. The number of rotatable bonds is 3. The summed E-state index contributed by atoms with van der Waals surface area (Å²) in [5.74, 6) is 0.935. The van der Waals surface area contributed by atoms with Crippen molar-refractivity contribution in [2.75, 3.05) is 0 Å². The van der Waals surface area contributed by atoms with Gasteiger partial charge in [0.15, 0.2) is 0 Å². The van der Waals surface area contributed by atoms with Crippen LogP contribution in [-0.4, -0.2) is 35.9 Å². The number of allylic oxidation sites excluding steroid dienone is 1. The molecule has 1 aliphatic carbocycles. The minimum atomic E-state index is -0.767. The van der Waals surface area contributed by atoms with Crippen LogP contribution in [0.1, 0.15) is 67.2 Å². The summed E-state index contributed by atoms with van der Waals surface area (Å²) >= 11 is 0. The van der Waals surface area contributed by atoms with Gasteiger partial charge < -0.3 is 14.2 Å². The number of esters is 2. The molecule has 0 spiro atoms. The van der Waals surface area contributed by atoms with Gasteiger partial charge in [-0.15, -0.1) is 0 Å². The van der Waals surface area contributed by atoms with Crippen molar-refractivity contribution in [3.63, 3.8) is 0 Å². The third-order valence-corrected chi connectivity index (χ3v) is 7.18. The molecule has 29 heavy (non-hydrogen) atoms. The van der Waals surface area contributed by atoms with Crippen molar-refractivity contribution >= 4 is 11.9 Å². The summed E-state index contributed by atoms with van der Waals surface area (Å²) in [6.07, 6.45) is 4.59. The Morgan fingerprint density at radius 1 is 1.28 bits per heavy atom. The fraction of sp³-hybridized carbons (Fsp3) is 0.750. The monoisotopic (exact) mass is 404 g/mol. The van der Waals surface area contributed by atoms with Crippen molar-refractivity contribution in [3.05, 3.63) is 23.8 Å². The van der Waals surface area contributed by atoms with E-state index >= 15 is 0 Å². The highest BCUT2D eigenvalue weighted by molar-refractivity contribution is 5.67. The zero-order valence-corrected chi connectivity index (χ0v) is 18.7. The van der Waals surface area contributed by atoms with Crippen molar-refractivity contribution < 1.29 is 23.8 Å². The number of hydrogen-bond acceptors (Lipinski definition) is 5. The van der Waals surface area contributed by atoms with E-state index < -0.39 is 5.60 Å². The minimum absolute atomic E-state index is 0.0404. The molecule has 3 aliphatic rings. The molecule has 2 bridgehead atoms. The van der Waals surface area contributed by atoms with Gasteiger partial charge in [-0.2, -0.15) is 0 Å². The third-order valence-electron chi connectivity index (χ3n) is 7.18. The standard InChI is InChI=1S/C24H36O5/c1-13(2)18-9-8-14(3)21-20-12-15(4)19(27-16(5)25)10-11-24(7,29-17(6)26)23(28-20)22(18)21/h8,13,18-23H,4,9-12H2,1-3,5-7H3/t18-,19+,20-,21-,22-,23-,24-/m1/s1. The fourth-order valence-corrected chi connectivity index (χ4v) is 5.88. The highest BCUT2D eigenvalue weighted by atomic mass is 16.6. The van der Waals surface area contributed by atoms with Crippen LogP contribution in [0.5, 0.6) is 0 Å². The summed E-state index contributed by atoms with van der Waals surface area (Å²) in [6, 6.07) is 0. The van der Waals surface area contributed by atoms with Crippen LogP contribution in [-0.2, 0) is 23.8 Å². The van der Waals surface area contributed by atoms with Crippen LogP contribution in [0.15, 0.2) is 23.8 Å². The Morgan fingerprint density at radius 3 is 2.55 bits per heavy atom. The van der Waals surface area contributed by atoms with E-state index in [1.165, 1.54) is 19.4 Å². The van der Waals surface area contributed by atoms with Crippen LogP contribution < -0.4 is 0 Å². The predicted molar refractivity (Wildman–Crippen MR) is 111 cm³/mol. The smallest absolute Gasteiger partial charge is 0.303 e. The van der Waals surface area contributed by atoms with Gasteiger partial charge in [-0.3, -0.25) is 9.59 Å². The average Bonchev–Trinajstić information content (AvgIpc) is 2.99. The van der Waals surface area contributed by atoms with Gasteiger partial charge in [0, 0.05) is 25.7 Å². The van der Waals surface area contributed by atoms with Gasteiger partial charge >= 0.3 is 11.9 Å². The van der Waals surface area contributed by atoms with Gasteiger partial charge in [-0.05, 0) is 56.9 Å². The molecule has 2 aliphatic heterocycles. The highest BCUT2D eigenvalue weighted by Crippen LogP contribution is 2.54. The molecule has 0 aromatic heterocycles. The minimum Gasteiger partial charge on any atom is -0.458 e. The lowest BCUT2D eigenvalue weighted by molar-refractivity contribution is -0.179. The van der Waals surface area contributed by atoms with Crippen molar-refractivity contribution in [3.8, 4) is 0 Å². The first-order valence-corrected chi connectivity index (χ1v) is 10.9. The molecule has 2 heterocycles. The van der Waals surface area contributed by atoms with Gasteiger partial charge in [-0.25, -0.2) is 0 Å². The molecular formula is C24H36O5. The second-order valence-corrected chi connectivity index (χ2v) is 9.70. The molecule has 2 saturated heterocycles. The summed E-state index contributed by atoms with van der Waals surface area (Å²) in [5.41, 5.74) is 1.47. The Kier molecular flexibility index (Phi) is 6.28. The van der Waals surface area contributed by atoms with E-state index in [1.54, 1.807) is 0 Å². The molecule has 162 valence electrons. The van der Waals surface area contributed by atoms with Crippen LogP contribution in [0.2, 0.25) is 0 Å². The molecule has 5 heteroatoms. The van der Waals surface area contributed by atoms with Crippen LogP contribution >= 0.6 is 0 Å². The number of ether oxygens (including phenoxy) is 3. The lowest BCUT2D eigenvalue weighted by atomic mass is 9.62. The quantitative estimate of drug-likeness (QED) is 0.508. The van der Waals surface area contributed by atoms with Crippen LogP contribution in [0, 0.1) is 23.7 Å². The van der Waals surface area contributed by atoms with E-state index in [-0.39, 0.29) is 36.2 Å². The molecule has 0 radical (unpaired) electrons. The molecule has 7 atom stereocenters. The first kappa shape index (κ1) is 22.1. The Bertz CT molecular complexity index is 708. The van der Waals surface area contributed by atoms with Crippen molar-refractivity contribution in [1.29, 1.82) is 0 Å². The van der Waals surface area contributed by atoms with Crippen LogP contribution in [0.4, 0.5) is 0 Å². The summed E-state index contributed by atoms with van der Waals surface area (Å²) < 4.78 is 18.2. The predicted octanol–water partition coefficient (Wildman–Crippen LogP) is 4.60. The Balaban J connectivity index is 2.05. The van der Waals surface area contributed by atoms with Crippen molar-refractivity contribution in [1.82, 2.24) is 0 Å². The maximum absolute atomic E-state index is 12.0. The number of carbonyl (C=O) groups excluding carboxylic acids is 2. The normalized spacial score (nSPS) is 39.7. The fourth-order valence-electron chi connectivity index (χ4n) is 5.88. The van der Waals surface area contributed by atoms with Crippen molar-refractivity contribution in [2.24, 2.45) is 23.7 Å². The molecular weight excluding hydrogens is 368 g/mol. The molecule has 0 aromatic rings. The number of fused-ring (bicyclic) bond motifs is 5. The van der Waals surface area contributed by atoms with Gasteiger partial charge in [0.25, 0.3) is 0 Å². The summed E-state index contributed by atoms with van der Waals surface area (Å²) in [5, 5.41) is 0. The Labute approximate surface area is 174 Å². The summed E-state index contributed by atoms with van der Waals surface area (Å²) in [4.78, 5) is 23.7. The van der Waals surface area contributed by atoms with Crippen molar-refractivity contribution in [2.45, 2.75) is 91.1 Å². The lowest BCUT2D eigenvalue weighted by Crippen LogP contribution is -2.50. The van der Waals surface area contributed by atoms with E-state index in [1.807, 2.05) is 6.92 Å². The van der Waals surface area contributed by atoms with Gasteiger partial charge in [-0.1, -0.05) is 32.1 Å². The Morgan fingerprint density at radius 2 is 1.97 bits per heavy atom. The van der Waals surface area contributed by atoms with E-state index in [2.05, 4.69) is 33.4 Å². The van der Waals surface area contributed by atoms with E-state index in [0.29, 0.717) is 37.0 Å². The van der Waals surface area contributed by atoms with E-state index in [4.69, 9.17) is 14.2 Å². The largest absolute Gasteiger partial charge is 0.458 e. The first-order chi connectivity index (χ1) is 13.5. The topological polar surface area (TPSA) is 61.8 Å². The molecule has 0 saturated carbocycles. The molecule has 0 aromatic carbocycles. The summed E-state index contributed by atoms with van der Waals surface area (Å²) in [6.45, 7) is 15.8. The average molecular weight is 405 g/mol. The highest BCUT2D eigenvalue weighted by Gasteiger charge is 2.58. The molecule has 5 nitrogen and oxygen atoms in total. The molecule has 3 rings (SSSR count). The van der Waals surface area contributed by atoms with Crippen LogP contribution in [0.3, 0.4) is 0 Å². The summed E-state index contributed by atoms with van der Waals surface area (Å²) in [7, 11) is 0. The molecule has 2 fully saturated rings. The number of carbonyl (C=O) groups is 2. The maximum Gasteiger partial charge on any atom is 0.303 e. The van der Waals surface area contributed by atoms with Gasteiger partial charge in [0.05, 0.1) is 6.10 Å². The third kappa shape index (κ3) is 4.30.